The highest BCUT2D eigenvalue weighted by atomic mass is 32.1. The van der Waals surface area contributed by atoms with Crippen LogP contribution < -0.4 is 5.73 Å². The average molecular weight is 195 g/mol. The highest BCUT2D eigenvalue weighted by molar-refractivity contribution is 7.18. The number of hydrogen-bond donors (Lipinski definition) is 2. The second-order valence-corrected chi connectivity index (χ2v) is 3.68. The molecule has 0 aliphatic rings. The van der Waals surface area contributed by atoms with Crippen LogP contribution in [-0.4, -0.2) is 21.7 Å². The lowest BCUT2D eigenvalue weighted by atomic mass is 10.3. The SMILES string of the molecule is NC(CO)c1nc2cccnc2s1. The summed E-state index contributed by atoms with van der Waals surface area (Å²) in [7, 11) is 0. The number of aliphatic hydroxyl groups is 1. The summed E-state index contributed by atoms with van der Waals surface area (Å²) in [6.07, 6.45) is 1.72. The van der Waals surface area contributed by atoms with Crippen molar-refractivity contribution < 1.29 is 5.11 Å². The quantitative estimate of drug-likeness (QED) is 0.739. The third-order valence-corrected chi connectivity index (χ3v) is 2.81. The molecule has 0 amide bonds. The average Bonchev–Trinajstić information content (AvgIpc) is 2.59. The number of hydrogen-bond acceptors (Lipinski definition) is 5. The van der Waals surface area contributed by atoms with Crippen molar-refractivity contribution in [1.29, 1.82) is 0 Å². The van der Waals surface area contributed by atoms with Crippen LogP contribution in [0.3, 0.4) is 0 Å². The zero-order valence-electron chi connectivity index (χ0n) is 6.84. The van der Waals surface area contributed by atoms with Crippen LogP contribution in [0, 0.1) is 0 Å². The number of aliphatic hydroxyl groups excluding tert-OH is 1. The molecule has 2 rings (SSSR count). The third kappa shape index (κ3) is 1.53. The smallest absolute Gasteiger partial charge is 0.143 e. The number of nitrogens with zero attached hydrogens (tertiary/aromatic N) is 2. The first-order valence-corrected chi connectivity index (χ1v) is 4.71. The molecule has 3 N–H and O–H groups in total. The van der Waals surface area contributed by atoms with E-state index >= 15 is 0 Å². The van der Waals surface area contributed by atoms with Crippen LogP contribution >= 0.6 is 11.3 Å². The Morgan fingerprint density at radius 3 is 3.15 bits per heavy atom. The lowest BCUT2D eigenvalue weighted by Crippen LogP contribution is -2.13. The van der Waals surface area contributed by atoms with E-state index in [1.807, 2.05) is 12.1 Å². The van der Waals surface area contributed by atoms with Gasteiger partial charge in [-0.25, -0.2) is 9.97 Å². The molecule has 13 heavy (non-hydrogen) atoms. The summed E-state index contributed by atoms with van der Waals surface area (Å²) in [6.45, 7) is -0.0835. The maximum atomic E-state index is 8.83. The largest absolute Gasteiger partial charge is 0.394 e. The molecule has 1 atom stereocenters. The van der Waals surface area contributed by atoms with Crippen molar-refractivity contribution >= 4 is 21.7 Å². The van der Waals surface area contributed by atoms with Crippen LogP contribution in [0.4, 0.5) is 0 Å². The predicted octanol–water partition coefficient (Wildman–Crippen LogP) is 0.683. The minimum absolute atomic E-state index is 0.0835. The Morgan fingerprint density at radius 2 is 2.46 bits per heavy atom. The van der Waals surface area contributed by atoms with Crippen molar-refractivity contribution in [3.63, 3.8) is 0 Å². The number of aromatic nitrogens is 2. The molecule has 0 aromatic carbocycles. The molecule has 0 saturated carbocycles. The molecule has 0 fully saturated rings. The molecule has 0 saturated heterocycles. The summed E-state index contributed by atoms with van der Waals surface area (Å²) in [5.41, 5.74) is 6.47. The van der Waals surface area contributed by atoms with E-state index < -0.39 is 0 Å². The zero-order chi connectivity index (χ0) is 9.26. The van der Waals surface area contributed by atoms with Crippen molar-refractivity contribution in [1.82, 2.24) is 9.97 Å². The van der Waals surface area contributed by atoms with Gasteiger partial charge < -0.3 is 10.8 Å². The summed E-state index contributed by atoms with van der Waals surface area (Å²) in [5, 5.41) is 9.57. The lowest BCUT2D eigenvalue weighted by Gasteiger charge is -2.00. The topological polar surface area (TPSA) is 72.0 Å². The predicted molar refractivity (Wildman–Crippen MR) is 51.4 cm³/mol. The van der Waals surface area contributed by atoms with Crippen LogP contribution in [0.1, 0.15) is 11.0 Å². The Labute approximate surface area is 79.1 Å². The molecule has 5 heteroatoms. The molecular formula is C8H9N3OS. The summed E-state index contributed by atoms with van der Waals surface area (Å²) < 4.78 is 0. The van der Waals surface area contributed by atoms with Crippen LogP contribution in [0.25, 0.3) is 10.3 Å². The number of pyridine rings is 1. The first-order valence-electron chi connectivity index (χ1n) is 3.89. The maximum absolute atomic E-state index is 8.83. The Bertz CT molecular complexity index is 381. The summed E-state index contributed by atoms with van der Waals surface area (Å²) >= 11 is 1.42. The van der Waals surface area contributed by atoms with E-state index in [0.717, 1.165) is 15.4 Å². The first-order chi connectivity index (χ1) is 6.31. The van der Waals surface area contributed by atoms with E-state index in [9.17, 15) is 0 Å². The van der Waals surface area contributed by atoms with E-state index in [4.69, 9.17) is 10.8 Å². The molecule has 0 aliphatic carbocycles. The molecular weight excluding hydrogens is 186 g/mol. The third-order valence-electron chi connectivity index (χ3n) is 1.70. The molecule has 2 aromatic heterocycles. The van der Waals surface area contributed by atoms with E-state index in [2.05, 4.69) is 9.97 Å². The van der Waals surface area contributed by atoms with Crippen molar-refractivity contribution in [2.45, 2.75) is 6.04 Å². The Morgan fingerprint density at radius 1 is 1.62 bits per heavy atom. The van der Waals surface area contributed by atoms with Gasteiger partial charge in [-0.15, -0.1) is 0 Å². The molecule has 2 heterocycles. The van der Waals surface area contributed by atoms with Crippen LogP contribution in [0.5, 0.6) is 0 Å². The molecule has 4 nitrogen and oxygen atoms in total. The van der Waals surface area contributed by atoms with Gasteiger partial charge in [-0.05, 0) is 12.1 Å². The Hall–Kier alpha value is -1.04. The fourth-order valence-electron chi connectivity index (χ4n) is 1.02. The molecule has 2 aromatic rings. The van der Waals surface area contributed by atoms with Gasteiger partial charge in [0.05, 0.1) is 12.6 Å². The van der Waals surface area contributed by atoms with Gasteiger partial charge in [0.1, 0.15) is 15.4 Å². The molecule has 68 valence electrons. The van der Waals surface area contributed by atoms with Crippen molar-refractivity contribution in [3.05, 3.63) is 23.3 Å². The van der Waals surface area contributed by atoms with Gasteiger partial charge in [0.2, 0.25) is 0 Å². The number of rotatable bonds is 2. The highest BCUT2D eigenvalue weighted by Gasteiger charge is 2.10. The molecule has 0 spiro atoms. The van der Waals surface area contributed by atoms with Gasteiger partial charge in [0, 0.05) is 6.20 Å². The fraction of sp³-hybridized carbons (Fsp3) is 0.250. The van der Waals surface area contributed by atoms with Gasteiger partial charge in [-0.1, -0.05) is 11.3 Å². The van der Waals surface area contributed by atoms with E-state index in [-0.39, 0.29) is 12.6 Å². The van der Waals surface area contributed by atoms with E-state index in [1.54, 1.807) is 6.20 Å². The van der Waals surface area contributed by atoms with Gasteiger partial charge in [-0.2, -0.15) is 0 Å². The monoisotopic (exact) mass is 195 g/mol. The van der Waals surface area contributed by atoms with Crippen LogP contribution in [0.15, 0.2) is 18.3 Å². The second kappa shape index (κ2) is 3.37. The second-order valence-electron chi connectivity index (χ2n) is 2.67. The number of thiazole rings is 1. The summed E-state index contributed by atoms with van der Waals surface area (Å²) in [4.78, 5) is 9.25. The van der Waals surface area contributed by atoms with Crippen LogP contribution in [-0.2, 0) is 0 Å². The van der Waals surface area contributed by atoms with E-state index in [1.165, 1.54) is 11.3 Å². The Balaban J connectivity index is 2.49. The number of nitrogens with two attached hydrogens (primary N) is 1. The maximum Gasteiger partial charge on any atom is 0.143 e. The molecule has 0 radical (unpaired) electrons. The van der Waals surface area contributed by atoms with E-state index in [0.29, 0.717) is 0 Å². The van der Waals surface area contributed by atoms with Crippen LogP contribution in [0.2, 0.25) is 0 Å². The van der Waals surface area contributed by atoms with Crippen molar-refractivity contribution in [3.8, 4) is 0 Å². The van der Waals surface area contributed by atoms with Gasteiger partial charge in [0.25, 0.3) is 0 Å². The fourth-order valence-corrected chi connectivity index (χ4v) is 1.92. The van der Waals surface area contributed by atoms with Crippen molar-refractivity contribution in [2.75, 3.05) is 6.61 Å². The molecule has 0 bridgehead atoms. The van der Waals surface area contributed by atoms with Crippen molar-refractivity contribution in [2.24, 2.45) is 5.73 Å². The highest BCUT2D eigenvalue weighted by Crippen LogP contribution is 2.22. The summed E-state index contributed by atoms with van der Waals surface area (Å²) in [5.74, 6) is 0. The van der Waals surface area contributed by atoms with Gasteiger partial charge >= 0.3 is 0 Å². The number of fused-ring (bicyclic) bond motifs is 1. The molecule has 1 unspecified atom stereocenters. The lowest BCUT2D eigenvalue weighted by molar-refractivity contribution is 0.268. The summed E-state index contributed by atoms with van der Waals surface area (Å²) in [6, 6.07) is 3.32. The minimum Gasteiger partial charge on any atom is -0.394 e. The first kappa shape index (κ1) is 8.55. The van der Waals surface area contributed by atoms with Gasteiger partial charge in [-0.3, -0.25) is 0 Å². The normalized spacial score (nSPS) is 13.4. The standard InChI is InChI=1S/C8H9N3OS/c9-5(4-12)7-11-6-2-1-3-10-8(6)13-7/h1-3,5,12H,4,9H2. The Kier molecular flexibility index (Phi) is 2.22. The zero-order valence-corrected chi connectivity index (χ0v) is 7.66. The van der Waals surface area contributed by atoms with Gasteiger partial charge in [0.15, 0.2) is 0 Å². The molecule has 0 aliphatic heterocycles. The minimum atomic E-state index is -0.390.